The van der Waals surface area contributed by atoms with Crippen LogP contribution in [-0.2, 0) is 14.3 Å². The van der Waals surface area contributed by atoms with E-state index in [1.54, 1.807) is 29.2 Å². The summed E-state index contributed by atoms with van der Waals surface area (Å²) in [5.74, 6) is -1.28. The van der Waals surface area contributed by atoms with Gasteiger partial charge >= 0.3 is 12.0 Å². The van der Waals surface area contributed by atoms with Crippen molar-refractivity contribution >= 4 is 29.5 Å². The third-order valence-corrected chi connectivity index (χ3v) is 5.07. The first kappa shape index (κ1) is 19.9. The molecule has 2 N–H and O–H groups in total. The molecule has 4 amide bonds. The summed E-state index contributed by atoms with van der Waals surface area (Å²) in [5.41, 5.74) is 0.999. The van der Waals surface area contributed by atoms with E-state index in [-0.39, 0.29) is 17.5 Å². The van der Waals surface area contributed by atoms with Gasteiger partial charge in [-0.25, -0.2) is 9.59 Å². The predicted octanol–water partition coefficient (Wildman–Crippen LogP) is 2.13. The number of carbonyl (C=O) groups is 4. The van der Waals surface area contributed by atoms with Crippen molar-refractivity contribution in [3.05, 3.63) is 29.8 Å². The number of amides is 4. The van der Waals surface area contributed by atoms with Gasteiger partial charge in [0.25, 0.3) is 5.91 Å². The van der Waals surface area contributed by atoms with E-state index in [2.05, 4.69) is 10.6 Å². The molecule has 1 heterocycles. The second-order valence-corrected chi connectivity index (χ2v) is 7.19. The molecule has 8 heteroatoms. The Bertz CT molecular complexity index is 756. The summed E-state index contributed by atoms with van der Waals surface area (Å²) in [6, 6.07) is 5.99. The highest BCUT2D eigenvalue weighted by molar-refractivity contribution is 5.99. The van der Waals surface area contributed by atoms with E-state index in [0.29, 0.717) is 13.0 Å². The first-order valence-electron chi connectivity index (χ1n) is 9.67. The van der Waals surface area contributed by atoms with Crippen LogP contribution >= 0.6 is 0 Å². The minimum absolute atomic E-state index is 0.0662. The van der Waals surface area contributed by atoms with Crippen molar-refractivity contribution in [1.29, 1.82) is 0 Å². The average molecular weight is 387 g/mol. The molecule has 0 aromatic heterocycles. The van der Waals surface area contributed by atoms with Crippen LogP contribution in [0.1, 0.15) is 55.8 Å². The van der Waals surface area contributed by atoms with Crippen LogP contribution < -0.4 is 15.5 Å². The van der Waals surface area contributed by atoms with Crippen molar-refractivity contribution in [1.82, 2.24) is 10.6 Å². The van der Waals surface area contributed by atoms with Gasteiger partial charge in [-0.2, -0.15) is 0 Å². The molecule has 1 aliphatic carbocycles. The lowest BCUT2D eigenvalue weighted by Gasteiger charge is -2.17. The van der Waals surface area contributed by atoms with Crippen LogP contribution in [0.4, 0.5) is 10.5 Å². The maximum absolute atomic E-state index is 12.2. The Morgan fingerprint density at radius 1 is 1.11 bits per heavy atom. The van der Waals surface area contributed by atoms with Gasteiger partial charge in [0.1, 0.15) is 0 Å². The van der Waals surface area contributed by atoms with E-state index < -0.39 is 24.0 Å². The Hall–Kier alpha value is -2.90. The van der Waals surface area contributed by atoms with E-state index in [9.17, 15) is 19.2 Å². The van der Waals surface area contributed by atoms with Gasteiger partial charge in [0, 0.05) is 24.7 Å². The summed E-state index contributed by atoms with van der Waals surface area (Å²) in [7, 11) is 0. The molecule has 1 aromatic carbocycles. The highest BCUT2D eigenvalue weighted by atomic mass is 16.5. The van der Waals surface area contributed by atoms with Crippen LogP contribution in [0.3, 0.4) is 0 Å². The van der Waals surface area contributed by atoms with Crippen LogP contribution in [0, 0.1) is 0 Å². The number of benzene rings is 1. The SMILES string of the molecule is C[C@H](OC(=O)c1ccc(N2CCCC2=O)cc1)C(=O)NC(=O)NC1CCCC1. The molecule has 0 spiro atoms. The second kappa shape index (κ2) is 8.86. The van der Waals surface area contributed by atoms with Crippen LogP contribution in [0.25, 0.3) is 0 Å². The molecule has 8 nitrogen and oxygen atoms in total. The minimum atomic E-state index is -1.11. The lowest BCUT2D eigenvalue weighted by molar-refractivity contribution is -0.128. The molecule has 2 fully saturated rings. The summed E-state index contributed by atoms with van der Waals surface area (Å²) < 4.78 is 5.14. The fraction of sp³-hybridized carbons (Fsp3) is 0.500. The minimum Gasteiger partial charge on any atom is -0.449 e. The Balaban J connectivity index is 1.49. The summed E-state index contributed by atoms with van der Waals surface area (Å²) in [5, 5.41) is 4.95. The lowest BCUT2D eigenvalue weighted by Crippen LogP contribution is -2.47. The lowest BCUT2D eigenvalue weighted by atomic mass is 10.2. The Morgan fingerprint density at radius 2 is 1.79 bits per heavy atom. The molecule has 0 unspecified atom stereocenters. The highest BCUT2D eigenvalue weighted by Gasteiger charge is 2.24. The van der Waals surface area contributed by atoms with Gasteiger partial charge < -0.3 is 15.0 Å². The Kier molecular flexibility index (Phi) is 6.28. The largest absolute Gasteiger partial charge is 0.449 e. The number of ether oxygens (including phenoxy) is 1. The number of imide groups is 1. The van der Waals surface area contributed by atoms with Crippen molar-refractivity contribution in [2.75, 3.05) is 11.4 Å². The second-order valence-electron chi connectivity index (χ2n) is 7.19. The van der Waals surface area contributed by atoms with Crippen LogP contribution in [0.2, 0.25) is 0 Å². The molecule has 1 atom stereocenters. The standard InChI is InChI=1S/C20H25N3O5/c1-13(18(25)22-20(27)21-15-5-2-3-6-15)28-19(26)14-8-10-16(11-9-14)23-12-4-7-17(23)24/h8-11,13,15H,2-7,12H2,1H3,(H2,21,22,25,27)/t13-/m0/s1. The number of nitrogens with zero attached hydrogens (tertiary/aromatic N) is 1. The van der Waals surface area contributed by atoms with E-state index >= 15 is 0 Å². The van der Waals surface area contributed by atoms with Gasteiger partial charge in [-0.05, 0) is 50.5 Å². The monoisotopic (exact) mass is 387 g/mol. The number of hydrogen-bond acceptors (Lipinski definition) is 5. The topological polar surface area (TPSA) is 105 Å². The van der Waals surface area contributed by atoms with Gasteiger partial charge in [-0.1, -0.05) is 12.8 Å². The molecule has 28 heavy (non-hydrogen) atoms. The van der Waals surface area contributed by atoms with Gasteiger partial charge in [-0.3, -0.25) is 14.9 Å². The Morgan fingerprint density at radius 3 is 2.39 bits per heavy atom. The number of rotatable bonds is 5. The number of urea groups is 1. The van der Waals surface area contributed by atoms with Gasteiger partial charge in [0.15, 0.2) is 6.10 Å². The first-order valence-corrected chi connectivity index (χ1v) is 9.67. The zero-order valence-electron chi connectivity index (χ0n) is 15.9. The van der Waals surface area contributed by atoms with Crippen LogP contribution in [0.15, 0.2) is 24.3 Å². The fourth-order valence-electron chi connectivity index (χ4n) is 3.49. The molecule has 1 saturated heterocycles. The van der Waals surface area contributed by atoms with E-state index in [1.807, 2.05) is 0 Å². The van der Waals surface area contributed by atoms with E-state index in [0.717, 1.165) is 37.8 Å². The predicted molar refractivity (Wildman–Crippen MR) is 102 cm³/mol. The van der Waals surface area contributed by atoms with Gasteiger partial charge in [-0.15, -0.1) is 0 Å². The van der Waals surface area contributed by atoms with Crippen molar-refractivity contribution < 1.29 is 23.9 Å². The first-order chi connectivity index (χ1) is 13.4. The molecule has 1 saturated carbocycles. The molecular formula is C20H25N3O5. The highest BCUT2D eigenvalue weighted by Crippen LogP contribution is 2.22. The van der Waals surface area contributed by atoms with Crippen molar-refractivity contribution in [3.63, 3.8) is 0 Å². The van der Waals surface area contributed by atoms with Gasteiger partial charge in [0.2, 0.25) is 5.91 Å². The number of hydrogen-bond donors (Lipinski definition) is 2. The zero-order chi connectivity index (χ0) is 20.1. The Labute approximate surface area is 163 Å². The van der Waals surface area contributed by atoms with Crippen LogP contribution in [0.5, 0.6) is 0 Å². The van der Waals surface area contributed by atoms with Crippen molar-refractivity contribution in [3.8, 4) is 0 Å². The maximum atomic E-state index is 12.2. The molecule has 0 bridgehead atoms. The van der Waals surface area contributed by atoms with E-state index in [4.69, 9.17) is 4.74 Å². The molecular weight excluding hydrogens is 362 g/mol. The maximum Gasteiger partial charge on any atom is 0.338 e. The number of esters is 1. The molecule has 3 rings (SSSR count). The van der Waals surface area contributed by atoms with E-state index in [1.165, 1.54) is 6.92 Å². The molecule has 150 valence electrons. The van der Waals surface area contributed by atoms with Crippen LogP contribution in [-0.4, -0.2) is 42.5 Å². The molecule has 1 aliphatic heterocycles. The molecule has 1 aromatic rings. The molecule has 0 radical (unpaired) electrons. The number of nitrogens with one attached hydrogen (secondary N) is 2. The summed E-state index contributed by atoms with van der Waals surface area (Å²) in [6.45, 7) is 2.08. The molecule has 2 aliphatic rings. The number of carbonyl (C=O) groups excluding carboxylic acids is 4. The summed E-state index contributed by atoms with van der Waals surface area (Å²) in [6.07, 6.45) is 4.20. The quantitative estimate of drug-likeness (QED) is 0.753. The summed E-state index contributed by atoms with van der Waals surface area (Å²) in [4.78, 5) is 49.6. The fourth-order valence-corrected chi connectivity index (χ4v) is 3.49. The summed E-state index contributed by atoms with van der Waals surface area (Å²) >= 11 is 0. The normalized spacial score (nSPS) is 18.0. The average Bonchev–Trinajstić information content (AvgIpc) is 3.33. The van der Waals surface area contributed by atoms with Gasteiger partial charge in [0.05, 0.1) is 5.56 Å². The third kappa shape index (κ3) is 4.88. The third-order valence-electron chi connectivity index (χ3n) is 5.07. The smallest absolute Gasteiger partial charge is 0.338 e. The van der Waals surface area contributed by atoms with Crippen molar-refractivity contribution in [2.45, 2.75) is 57.6 Å². The van der Waals surface area contributed by atoms with Crippen molar-refractivity contribution in [2.24, 2.45) is 0 Å². The zero-order valence-corrected chi connectivity index (χ0v) is 15.9. The number of anilines is 1.